The normalized spacial score (nSPS) is 46.1. The van der Waals surface area contributed by atoms with Gasteiger partial charge in [-0.15, -0.1) is 18.3 Å². The van der Waals surface area contributed by atoms with Gasteiger partial charge < -0.3 is 4.90 Å². The lowest BCUT2D eigenvalue weighted by Crippen LogP contribution is -2.53. The van der Waals surface area contributed by atoms with E-state index in [2.05, 4.69) is 56.7 Å². The van der Waals surface area contributed by atoms with Gasteiger partial charge in [-0.3, -0.25) is 0 Å². The van der Waals surface area contributed by atoms with Gasteiger partial charge in [0.1, 0.15) is 0 Å². The predicted molar refractivity (Wildman–Crippen MR) is 64.3 cm³/mol. The summed E-state index contributed by atoms with van der Waals surface area (Å²) in [5.41, 5.74) is 1.28. The van der Waals surface area contributed by atoms with E-state index < -0.39 is 0 Å². The minimum Gasteiger partial charge on any atom is -0.353 e. The number of rotatable bonds is 2. The van der Waals surface area contributed by atoms with Crippen molar-refractivity contribution in [2.45, 2.75) is 49.3 Å². The summed E-state index contributed by atoms with van der Waals surface area (Å²) in [6.07, 6.45) is 4.41. The Labute approximate surface area is 91.2 Å². The van der Waals surface area contributed by atoms with E-state index in [1.165, 1.54) is 12.1 Å². The third-order valence-electron chi connectivity index (χ3n) is 3.66. The van der Waals surface area contributed by atoms with Gasteiger partial charge in [0.05, 0.1) is 10.9 Å². The molecule has 14 heavy (non-hydrogen) atoms. The molecule has 0 N–H and O–H groups in total. The molecule has 0 amide bonds. The Kier molecular flexibility index (Phi) is 2.04. The van der Waals surface area contributed by atoms with E-state index in [-0.39, 0.29) is 0 Å². The van der Waals surface area contributed by atoms with Crippen LogP contribution in [0.1, 0.15) is 33.6 Å². The molecule has 3 atom stereocenters. The molecule has 0 radical (unpaired) electrons. The van der Waals surface area contributed by atoms with Crippen molar-refractivity contribution >= 4 is 11.8 Å². The lowest BCUT2D eigenvalue weighted by molar-refractivity contribution is 0.118. The van der Waals surface area contributed by atoms with Gasteiger partial charge in [0.25, 0.3) is 0 Å². The maximum atomic E-state index is 4.11. The van der Waals surface area contributed by atoms with Gasteiger partial charge in [-0.1, -0.05) is 19.6 Å². The monoisotopic (exact) mass is 209 g/mol. The number of hydrogen-bond acceptors (Lipinski definition) is 2. The van der Waals surface area contributed by atoms with E-state index in [4.69, 9.17) is 0 Å². The van der Waals surface area contributed by atoms with E-state index in [0.29, 0.717) is 15.7 Å². The minimum atomic E-state index is 0.292. The summed E-state index contributed by atoms with van der Waals surface area (Å²) in [7, 11) is 0. The molecule has 78 valence electrons. The minimum absolute atomic E-state index is 0.292. The summed E-state index contributed by atoms with van der Waals surface area (Å²) in [4.78, 5) is 2.74. The van der Waals surface area contributed by atoms with Crippen molar-refractivity contribution in [3.8, 4) is 0 Å². The van der Waals surface area contributed by atoms with Gasteiger partial charge in [0.15, 0.2) is 0 Å². The molecule has 1 nitrogen and oxygen atoms in total. The Morgan fingerprint density at radius 2 is 2.29 bits per heavy atom. The Morgan fingerprint density at radius 3 is 2.71 bits per heavy atom. The molecule has 2 aliphatic rings. The van der Waals surface area contributed by atoms with Crippen LogP contribution in [-0.2, 0) is 0 Å². The Morgan fingerprint density at radius 1 is 1.64 bits per heavy atom. The SMILES string of the molecule is C=CC1N2C(=C)CC2(C)SC1(C)CC. The van der Waals surface area contributed by atoms with Gasteiger partial charge in [-0.2, -0.15) is 0 Å². The average molecular weight is 209 g/mol. The molecule has 0 aliphatic carbocycles. The molecule has 0 saturated carbocycles. The van der Waals surface area contributed by atoms with Crippen molar-refractivity contribution in [1.82, 2.24) is 4.90 Å². The van der Waals surface area contributed by atoms with Crippen LogP contribution in [0.15, 0.2) is 24.9 Å². The van der Waals surface area contributed by atoms with Crippen molar-refractivity contribution in [2.75, 3.05) is 0 Å². The summed E-state index contributed by atoms with van der Waals surface area (Å²) in [5.74, 6) is 0. The molecule has 0 aromatic carbocycles. The van der Waals surface area contributed by atoms with Gasteiger partial charge in [0.2, 0.25) is 0 Å². The second-order valence-electron chi connectivity index (χ2n) is 4.74. The van der Waals surface area contributed by atoms with Crippen molar-refractivity contribution in [1.29, 1.82) is 0 Å². The molecule has 0 bridgehead atoms. The first-order valence-electron chi connectivity index (χ1n) is 5.27. The lowest BCUT2D eigenvalue weighted by atomic mass is 9.90. The zero-order valence-electron chi connectivity index (χ0n) is 9.34. The fourth-order valence-electron chi connectivity index (χ4n) is 2.84. The molecular formula is C12H19NS. The topological polar surface area (TPSA) is 3.24 Å². The summed E-state index contributed by atoms with van der Waals surface area (Å²) in [6, 6.07) is 0.462. The van der Waals surface area contributed by atoms with E-state index in [1.807, 2.05) is 0 Å². The van der Waals surface area contributed by atoms with Crippen LogP contribution in [0.25, 0.3) is 0 Å². The molecule has 2 heterocycles. The summed E-state index contributed by atoms with van der Waals surface area (Å²) >= 11 is 2.10. The average Bonchev–Trinajstić information content (AvgIpc) is 2.30. The Balaban J connectivity index is 2.35. The van der Waals surface area contributed by atoms with Crippen molar-refractivity contribution in [2.24, 2.45) is 0 Å². The first-order chi connectivity index (χ1) is 6.47. The largest absolute Gasteiger partial charge is 0.353 e. The third-order valence-corrected chi connectivity index (χ3v) is 5.44. The fraction of sp³-hybridized carbons (Fsp3) is 0.667. The fourth-order valence-corrected chi connectivity index (χ4v) is 4.89. The van der Waals surface area contributed by atoms with Crippen LogP contribution in [0.3, 0.4) is 0 Å². The highest BCUT2D eigenvalue weighted by Gasteiger charge is 2.59. The van der Waals surface area contributed by atoms with Gasteiger partial charge >= 0.3 is 0 Å². The molecule has 0 aromatic heterocycles. The molecule has 2 heteroatoms. The molecule has 0 spiro atoms. The number of nitrogens with zero attached hydrogens (tertiary/aromatic N) is 1. The van der Waals surface area contributed by atoms with Crippen LogP contribution >= 0.6 is 11.8 Å². The smallest absolute Gasteiger partial charge is 0.0896 e. The zero-order chi connectivity index (χ0) is 10.6. The maximum Gasteiger partial charge on any atom is 0.0896 e. The highest BCUT2D eigenvalue weighted by atomic mass is 32.2. The van der Waals surface area contributed by atoms with Crippen molar-refractivity contribution in [3.63, 3.8) is 0 Å². The van der Waals surface area contributed by atoms with Crippen LogP contribution in [0.4, 0.5) is 0 Å². The molecule has 2 saturated heterocycles. The first-order valence-corrected chi connectivity index (χ1v) is 6.08. The van der Waals surface area contributed by atoms with Crippen molar-refractivity contribution < 1.29 is 0 Å². The van der Waals surface area contributed by atoms with Crippen molar-refractivity contribution in [3.05, 3.63) is 24.9 Å². The summed E-state index contributed by atoms with van der Waals surface area (Å²) in [6.45, 7) is 15.0. The van der Waals surface area contributed by atoms with Crippen LogP contribution in [0.2, 0.25) is 0 Å². The van der Waals surface area contributed by atoms with Crippen LogP contribution in [0.5, 0.6) is 0 Å². The Hall–Kier alpha value is -0.370. The maximum absolute atomic E-state index is 4.11. The predicted octanol–water partition coefficient (Wildman–Crippen LogP) is 3.39. The molecule has 3 unspecified atom stereocenters. The second-order valence-corrected chi connectivity index (χ2v) is 6.75. The molecule has 2 rings (SSSR count). The first kappa shape index (κ1) is 10.2. The van der Waals surface area contributed by atoms with Gasteiger partial charge in [-0.25, -0.2) is 0 Å². The summed E-state index contributed by atoms with van der Waals surface area (Å²) < 4.78 is 0.315. The molecule has 0 aromatic rings. The number of fused-ring (bicyclic) bond motifs is 1. The highest BCUT2D eigenvalue weighted by Crippen LogP contribution is 2.62. The van der Waals surface area contributed by atoms with E-state index in [0.717, 1.165) is 6.42 Å². The second kappa shape index (κ2) is 2.82. The third kappa shape index (κ3) is 1.04. The van der Waals surface area contributed by atoms with Gasteiger partial charge in [-0.05, 0) is 20.3 Å². The molecule has 2 aliphatic heterocycles. The summed E-state index contributed by atoms with van der Waals surface area (Å²) in [5, 5.41) is 0. The van der Waals surface area contributed by atoms with Gasteiger partial charge in [0, 0.05) is 16.9 Å². The van der Waals surface area contributed by atoms with Crippen LogP contribution < -0.4 is 0 Å². The molecule has 2 fully saturated rings. The van der Waals surface area contributed by atoms with Crippen LogP contribution in [-0.4, -0.2) is 20.6 Å². The standard InChI is InChI=1S/C12H19NS/c1-6-10-11(4,7-2)14-12(5)8-9(3)13(10)12/h6,10H,1,3,7-8H2,2,4-5H3. The lowest BCUT2D eigenvalue weighted by Gasteiger charge is -2.50. The van der Waals surface area contributed by atoms with E-state index >= 15 is 0 Å². The number of hydrogen-bond donors (Lipinski definition) is 0. The van der Waals surface area contributed by atoms with E-state index in [1.54, 1.807) is 0 Å². The quantitative estimate of drug-likeness (QED) is 0.641. The molecular weight excluding hydrogens is 190 g/mol. The number of thioether (sulfide) groups is 1. The zero-order valence-corrected chi connectivity index (χ0v) is 10.2. The highest BCUT2D eigenvalue weighted by molar-refractivity contribution is 8.02. The Bertz CT molecular complexity index is 299. The van der Waals surface area contributed by atoms with Crippen LogP contribution in [0, 0.1) is 0 Å². The van der Waals surface area contributed by atoms with E-state index in [9.17, 15) is 0 Å².